The van der Waals surface area contributed by atoms with Gasteiger partial charge in [0.05, 0.1) is 18.4 Å². The lowest BCUT2D eigenvalue weighted by Gasteiger charge is -2.12. The van der Waals surface area contributed by atoms with E-state index in [9.17, 15) is 14.0 Å². The van der Waals surface area contributed by atoms with Crippen LogP contribution in [0.25, 0.3) is 27.8 Å². The lowest BCUT2D eigenvalue weighted by atomic mass is 10.00. The fraction of sp³-hybridized carbons (Fsp3) is 0.0909. The van der Waals surface area contributed by atoms with E-state index < -0.39 is 11.8 Å². The summed E-state index contributed by atoms with van der Waals surface area (Å²) in [4.78, 5) is 24.7. The molecule has 0 radical (unpaired) electrons. The lowest BCUT2D eigenvalue weighted by Crippen LogP contribution is -2.08. The predicted molar refractivity (Wildman–Crippen MR) is 113 cm³/mol. The Morgan fingerprint density at radius 2 is 1.67 bits per heavy atom. The molecular formula is C22H16FN3O3S. The molecule has 1 heterocycles. The highest BCUT2D eigenvalue weighted by atomic mass is 32.1. The second-order valence-electron chi connectivity index (χ2n) is 6.59. The molecule has 30 heavy (non-hydrogen) atoms. The fourth-order valence-electron chi connectivity index (χ4n) is 3.27. The van der Waals surface area contributed by atoms with Gasteiger partial charge in [-0.05, 0) is 59.4 Å². The SMILES string of the molecule is COC(=O)c1cc2ccccc2cc1-c1nn(C(C)=O)c(=S)n1-c1ccc(F)cc1. The minimum Gasteiger partial charge on any atom is -0.465 e. The molecule has 8 heteroatoms. The Morgan fingerprint density at radius 1 is 1.03 bits per heavy atom. The highest BCUT2D eigenvalue weighted by Crippen LogP contribution is 2.30. The third-order valence-electron chi connectivity index (χ3n) is 4.69. The Labute approximate surface area is 176 Å². The van der Waals surface area contributed by atoms with Gasteiger partial charge in [0.1, 0.15) is 5.82 Å². The number of ether oxygens (including phenoxy) is 1. The van der Waals surface area contributed by atoms with Crippen molar-refractivity contribution in [1.82, 2.24) is 14.3 Å². The number of rotatable bonds is 3. The molecule has 0 unspecified atom stereocenters. The van der Waals surface area contributed by atoms with Gasteiger partial charge < -0.3 is 4.74 Å². The Morgan fingerprint density at radius 3 is 2.27 bits per heavy atom. The largest absolute Gasteiger partial charge is 0.465 e. The monoisotopic (exact) mass is 421 g/mol. The number of nitrogens with zero attached hydrogens (tertiary/aromatic N) is 3. The number of carbonyl (C=O) groups excluding carboxylic acids is 2. The first kappa shape index (κ1) is 19.7. The summed E-state index contributed by atoms with van der Waals surface area (Å²) >= 11 is 5.47. The van der Waals surface area contributed by atoms with Gasteiger partial charge in [-0.1, -0.05) is 24.3 Å². The summed E-state index contributed by atoms with van der Waals surface area (Å²) < 4.78 is 21.2. The van der Waals surface area contributed by atoms with Crippen molar-refractivity contribution in [2.24, 2.45) is 0 Å². The van der Waals surface area contributed by atoms with Gasteiger partial charge in [0, 0.05) is 12.5 Å². The molecule has 4 aromatic rings. The van der Waals surface area contributed by atoms with Crippen molar-refractivity contribution in [3.63, 3.8) is 0 Å². The molecule has 0 aliphatic rings. The summed E-state index contributed by atoms with van der Waals surface area (Å²) in [5.74, 6) is -1.08. The summed E-state index contributed by atoms with van der Waals surface area (Å²) in [5, 5.41) is 6.10. The number of hydrogen-bond donors (Lipinski definition) is 0. The van der Waals surface area contributed by atoms with E-state index in [1.807, 2.05) is 24.3 Å². The highest BCUT2D eigenvalue weighted by molar-refractivity contribution is 7.71. The molecule has 0 amide bonds. The van der Waals surface area contributed by atoms with Crippen LogP contribution in [0.2, 0.25) is 0 Å². The summed E-state index contributed by atoms with van der Waals surface area (Å²) in [5.41, 5.74) is 1.22. The minimum atomic E-state index is -0.551. The molecule has 0 atom stereocenters. The van der Waals surface area contributed by atoms with Crippen molar-refractivity contribution in [1.29, 1.82) is 0 Å². The van der Waals surface area contributed by atoms with E-state index in [1.54, 1.807) is 12.1 Å². The van der Waals surface area contributed by atoms with Crippen molar-refractivity contribution in [3.05, 3.63) is 76.8 Å². The third-order valence-corrected chi connectivity index (χ3v) is 5.05. The van der Waals surface area contributed by atoms with Crippen LogP contribution in [0.1, 0.15) is 22.1 Å². The highest BCUT2D eigenvalue weighted by Gasteiger charge is 2.23. The smallest absolute Gasteiger partial charge is 0.338 e. The Hall–Kier alpha value is -3.65. The summed E-state index contributed by atoms with van der Waals surface area (Å²) in [7, 11) is 1.29. The van der Waals surface area contributed by atoms with E-state index in [1.165, 1.54) is 42.9 Å². The minimum absolute atomic E-state index is 0.105. The summed E-state index contributed by atoms with van der Waals surface area (Å²) in [6, 6.07) is 16.7. The van der Waals surface area contributed by atoms with Crippen molar-refractivity contribution < 1.29 is 18.7 Å². The normalized spacial score (nSPS) is 10.9. The Balaban J connectivity index is 2.09. The topological polar surface area (TPSA) is 66.1 Å². The molecule has 0 fully saturated rings. The van der Waals surface area contributed by atoms with Gasteiger partial charge in [-0.15, -0.1) is 5.10 Å². The molecule has 0 N–H and O–H groups in total. The number of halogens is 1. The van der Waals surface area contributed by atoms with Crippen LogP contribution in [0.5, 0.6) is 0 Å². The van der Waals surface area contributed by atoms with Crippen LogP contribution in [-0.4, -0.2) is 33.3 Å². The quantitative estimate of drug-likeness (QED) is 0.351. The first-order valence-electron chi connectivity index (χ1n) is 9.01. The van der Waals surface area contributed by atoms with Crippen molar-refractivity contribution >= 4 is 34.9 Å². The number of carbonyl (C=O) groups is 2. The second-order valence-corrected chi connectivity index (χ2v) is 6.95. The second kappa shape index (κ2) is 7.64. The molecule has 150 valence electrons. The molecule has 0 aliphatic carbocycles. The van der Waals surface area contributed by atoms with E-state index >= 15 is 0 Å². The van der Waals surface area contributed by atoms with Crippen molar-refractivity contribution in [2.75, 3.05) is 7.11 Å². The molecule has 0 saturated carbocycles. The number of fused-ring (bicyclic) bond motifs is 1. The van der Waals surface area contributed by atoms with Gasteiger partial charge in [0.25, 0.3) is 0 Å². The van der Waals surface area contributed by atoms with E-state index in [2.05, 4.69) is 5.10 Å². The maximum absolute atomic E-state index is 13.5. The molecule has 3 aromatic carbocycles. The van der Waals surface area contributed by atoms with Gasteiger partial charge >= 0.3 is 5.97 Å². The standard InChI is InChI=1S/C22H16FN3O3S/c1-13(27)26-22(30)25(17-9-7-16(23)8-10-17)20(24-26)18-11-14-5-3-4-6-15(14)12-19(18)21(28)29-2/h3-12H,1-2H3. The molecule has 4 rings (SSSR count). The van der Waals surface area contributed by atoms with Crippen LogP contribution in [0.15, 0.2) is 60.7 Å². The summed E-state index contributed by atoms with van der Waals surface area (Å²) in [6.45, 7) is 1.34. The molecule has 6 nitrogen and oxygen atoms in total. The van der Waals surface area contributed by atoms with Crippen molar-refractivity contribution in [2.45, 2.75) is 6.92 Å². The van der Waals surface area contributed by atoms with Gasteiger partial charge in [0.2, 0.25) is 10.7 Å². The first-order chi connectivity index (χ1) is 14.4. The number of benzene rings is 3. The van der Waals surface area contributed by atoms with Crippen LogP contribution in [0.4, 0.5) is 4.39 Å². The van der Waals surface area contributed by atoms with Gasteiger partial charge in [-0.25, -0.2) is 9.18 Å². The molecule has 0 aliphatic heterocycles. The van der Waals surface area contributed by atoms with E-state index in [4.69, 9.17) is 17.0 Å². The van der Waals surface area contributed by atoms with Gasteiger partial charge in [0.15, 0.2) is 5.82 Å². The van der Waals surface area contributed by atoms with E-state index in [0.29, 0.717) is 11.3 Å². The Kier molecular flexibility index (Phi) is 5.01. The number of esters is 1. The number of methoxy groups -OCH3 is 1. The maximum Gasteiger partial charge on any atom is 0.338 e. The van der Waals surface area contributed by atoms with Crippen LogP contribution < -0.4 is 0 Å². The van der Waals surface area contributed by atoms with Gasteiger partial charge in [-0.3, -0.25) is 9.36 Å². The van der Waals surface area contributed by atoms with Crippen LogP contribution >= 0.6 is 12.2 Å². The third kappa shape index (κ3) is 3.31. The lowest BCUT2D eigenvalue weighted by molar-refractivity contribution is 0.0601. The summed E-state index contributed by atoms with van der Waals surface area (Å²) in [6.07, 6.45) is 0. The van der Waals surface area contributed by atoms with Crippen LogP contribution in [0.3, 0.4) is 0 Å². The van der Waals surface area contributed by atoms with Gasteiger partial charge in [-0.2, -0.15) is 4.68 Å². The van der Waals surface area contributed by atoms with E-state index in [0.717, 1.165) is 15.5 Å². The molecule has 0 saturated heterocycles. The van der Waals surface area contributed by atoms with Crippen LogP contribution in [0, 0.1) is 10.6 Å². The van der Waals surface area contributed by atoms with Crippen LogP contribution in [-0.2, 0) is 4.74 Å². The number of hydrogen-bond acceptors (Lipinski definition) is 5. The Bertz CT molecular complexity index is 1360. The first-order valence-corrected chi connectivity index (χ1v) is 9.42. The molecule has 1 aromatic heterocycles. The molecular weight excluding hydrogens is 405 g/mol. The maximum atomic E-state index is 13.5. The average molecular weight is 421 g/mol. The fourth-order valence-corrected chi connectivity index (χ4v) is 3.64. The van der Waals surface area contributed by atoms with E-state index in [-0.39, 0.29) is 22.1 Å². The molecule has 0 bridgehead atoms. The molecule has 0 spiro atoms. The zero-order valence-electron chi connectivity index (χ0n) is 16.1. The zero-order chi connectivity index (χ0) is 21.4. The predicted octanol–water partition coefficient (Wildman–Crippen LogP) is 4.81. The van der Waals surface area contributed by atoms with Crippen molar-refractivity contribution in [3.8, 4) is 17.1 Å². The number of aromatic nitrogens is 3. The average Bonchev–Trinajstić information content (AvgIpc) is 3.10. The zero-order valence-corrected chi connectivity index (χ0v) is 16.9.